The third kappa shape index (κ3) is 4.34. The lowest BCUT2D eigenvalue weighted by Gasteiger charge is -2.18. The van der Waals surface area contributed by atoms with E-state index in [1.165, 1.54) is 30.6 Å². The van der Waals surface area contributed by atoms with Crippen LogP contribution in [0.4, 0.5) is 15.6 Å². The summed E-state index contributed by atoms with van der Waals surface area (Å²) < 4.78 is 0. The van der Waals surface area contributed by atoms with Crippen LogP contribution in [0.25, 0.3) is 0 Å². The molecule has 0 unspecified atom stereocenters. The van der Waals surface area contributed by atoms with E-state index in [-0.39, 0.29) is 0 Å². The first-order valence-corrected chi connectivity index (χ1v) is 9.05. The Morgan fingerprint density at radius 2 is 1.91 bits per heavy atom. The van der Waals surface area contributed by atoms with Crippen molar-refractivity contribution in [2.24, 2.45) is 0 Å². The van der Waals surface area contributed by atoms with Crippen LogP contribution in [0.2, 0.25) is 10.0 Å². The summed E-state index contributed by atoms with van der Waals surface area (Å²) in [7, 11) is 0. The van der Waals surface area contributed by atoms with E-state index < -0.39 is 6.03 Å². The summed E-state index contributed by atoms with van der Waals surface area (Å²) in [5.74, 6) is 0.477. The molecule has 5 nitrogen and oxygen atoms in total. The molecule has 1 heterocycles. The van der Waals surface area contributed by atoms with Crippen LogP contribution in [0.1, 0.15) is 43.0 Å². The SMILES string of the molecule is O=C(Nc1nnc(C2CCCCC2)s1)Nc1ccc(Cl)cc1Cl. The number of nitrogens with zero attached hydrogens (tertiary/aromatic N) is 2. The lowest BCUT2D eigenvalue weighted by molar-refractivity contribution is 0.262. The number of halogens is 2. The van der Waals surface area contributed by atoms with Gasteiger partial charge in [-0.1, -0.05) is 53.8 Å². The molecule has 0 bridgehead atoms. The maximum absolute atomic E-state index is 12.0. The number of urea groups is 1. The largest absolute Gasteiger partial charge is 0.325 e. The molecule has 8 heteroatoms. The summed E-state index contributed by atoms with van der Waals surface area (Å²) in [6, 6.07) is 4.48. The van der Waals surface area contributed by atoms with Gasteiger partial charge in [0.25, 0.3) is 0 Å². The summed E-state index contributed by atoms with van der Waals surface area (Å²) in [5.41, 5.74) is 0.491. The molecule has 0 saturated heterocycles. The van der Waals surface area contributed by atoms with Gasteiger partial charge in [-0.15, -0.1) is 10.2 Å². The van der Waals surface area contributed by atoms with Gasteiger partial charge >= 0.3 is 6.03 Å². The summed E-state index contributed by atoms with van der Waals surface area (Å²) >= 11 is 13.3. The topological polar surface area (TPSA) is 66.9 Å². The van der Waals surface area contributed by atoms with Crippen LogP contribution in [-0.2, 0) is 0 Å². The van der Waals surface area contributed by atoms with E-state index in [0.717, 1.165) is 17.8 Å². The summed E-state index contributed by atoms with van der Waals surface area (Å²) in [6.45, 7) is 0. The van der Waals surface area contributed by atoms with Gasteiger partial charge in [0.1, 0.15) is 5.01 Å². The number of amides is 2. The predicted octanol–water partition coefficient (Wildman–Crippen LogP) is 5.54. The van der Waals surface area contributed by atoms with E-state index in [9.17, 15) is 4.79 Å². The Balaban J connectivity index is 1.60. The summed E-state index contributed by atoms with van der Waals surface area (Å²) in [5, 5.41) is 16.0. The number of carbonyl (C=O) groups excluding carboxylic acids is 1. The fourth-order valence-electron chi connectivity index (χ4n) is 2.64. The van der Waals surface area contributed by atoms with Crippen LogP contribution in [0, 0.1) is 0 Å². The number of hydrogen-bond donors (Lipinski definition) is 2. The number of nitrogens with one attached hydrogen (secondary N) is 2. The molecule has 1 saturated carbocycles. The van der Waals surface area contributed by atoms with Crippen molar-refractivity contribution in [2.45, 2.75) is 38.0 Å². The zero-order valence-corrected chi connectivity index (χ0v) is 14.6. The molecule has 1 aliphatic rings. The molecule has 122 valence electrons. The lowest BCUT2D eigenvalue weighted by Crippen LogP contribution is -2.19. The maximum Gasteiger partial charge on any atom is 0.325 e. The third-order valence-corrected chi connectivity index (χ3v) is 5.34. The zero-order valence-electron chi connectivity index (χ0n) is 12.3. The van der Waals surface area contributed by atoms with E-state index in [4.69, 9.17) is 23.2 Å². The first-order valence-electron chi connectivity index (χ1n) is 7.48. The molecule has 1 aromatic heterocycles. The monoisotopic (exact) mass is 370 g/mol. The highest BCUT2D eigenvalue weighted by molar-refractivity contribution is 7.15. The van der Waals surface area contributed by atoms with E-state index in [1.807, 2.05) is 0 Å². The van der Waals surface area contributed by atoms with Crippen LogP contribution >= 0.6 is 34.5 Å². The van der Waals surface area contributed by atoms with Gasteiger partial charge in [0, 0.05) is 10.9 Å². The Bertz CT molecular complexity index is 701. The van der Waals surface area contributed by atoms with Gasteiger partial charge in [-0.05, 0) is 31.0 Å². The van der Waals surface area contributed by atoms with Crippen molar-refractivity contribution in [3.8, 4) is 0 Å². The highest BCUT2D eigenvalue weighted by Crippen LogP contribution is 2.35. The second-order valence-electron chi connectivity index (χ2n) is 5.48. The second kappa shape index (κ2) is 7.47. The number of rotatable bonds is 3. The van der Waals surface area contributed by atoms with Crippen LogP contribution in [0.5, 0.6) is 0 Å². The highest BCUT2D eigenvalue weighted by Gasteiger charge is 2.20. The quantitative estimate of drug-likeness (QED) is 0.745. The van der Waals surface area contributed by atoms with Gasteiger partial charge in [-0.2, -0.15) is 0 Å². The van der Waals surface area contributed by atoms with Crippen LogP contribution in [0.15, 0.2) is 18.2 Å². The van der Waals surface area contributed by atoms with Crippen molar-refractivity contribution in [3.63, 3.8) is 0 Å². The molecule has 0 aliphatic heterocycles. The molecule has 1 aliphatic carbocycles. The van der Waals surface area contributed by atoms with Gasteiger partial charge < -0.3 is 5.32 Å². The average molecular weight is 371 g/mol. The average Bonchev–Trinajstić information content (AvgIpc) is 2.99. The molecule has 1 fully saturated rings. The molecule has 2 aromatic rings. The Kier molecular flexibility index (Phi) is 5.35. The van der Waals surface area contributed by atoms with Gasteiger partial charge in [-0.3, -0.25) is 5.32 Å². The number of anilines is 2. The predicted molar refractivity (Wildman–Crippen MR) is 94.8 cm³/mol. The molecule has 0 atom stereocenters. The van der Waals surface area contributed by atoms with Gasteiger partial charge in [0.2, 0.25) is 5.13 Å². The zero-order chi connectivity index (χ0) is 16.2. The second-order valence-corrected chi connectivity index (χ2v) is 7.34. The van der Waals surface area contributed by atoms with E-state index in [1.54, 1.807) is 18.2 Å². The Morgan fingerprint density at radius 3 is 2.65 bits per heavy atom. The Labute approximate surface area is 148 Å². The standard InChI is InChI=1S/C15H16Cl2N4OS/c16-10-6-7-12(11(17)8-10)18-14(22)19-15-21-20-13(23-15)9-4-2-1-3-5-9/h6-9H,1-5H2,(H2,18,19,21,22). The minimum Gasteiger partial charge on any atom is -0.306 e. The fraction of sp³-hybridized carbons (Fsp3) is 0.400. The molecule has 3 rings (SSSR count). The lowest BCUT2D eigenvalue weighted by atomic mass is 9.90. The van der Waals surface area contributed by atoms with Crippen molar-refractivity contribution in [1.29, 1.82) is 0 Å². The number of benzene rings is 1. The maximum atomic E-state index is 12.0. The molecule has 1 aromatic carbocycles. The minimum atomic E-state index is -0.402. The summed E-state index contributed by atoms with van der Waals surface area (Å²) in [4.78, 5) is 12.0. The Hall–Kier alpha value is -1.37. The van der Waals surface area contributed by atoms with Gasteiger partial charge in [-0.25, -0.2) is 4.79 Å². The molecule has 2 amide bonds. The van der Waals surface area contributed by atoms with E-state index >= 15 is 0 Å². The van der Waals surface area contributed by atoms with Crippen molar-refractivity contribution in [3.05, 3.63) is 33.3 Å². The van der Waals surface area contributed by atoms with Gasteiger partial charge in [0.05, 0.1) is 10.7 Å². The number of carbonyl (C=O) groups is 1. The van der Waals surface area contributed by atoms with Crippen molar-refractivity contribution >= 4 is 51.4 Å². The van der Waals surface area contributed by atoms with Crippen molar-refractivity contribution < 1.29 is 4.79 Å². The number of aromatic nitrogens is 2. The number of hydrogen-bond acceptors (Lipinski definition) is 4. The third-order valence-electron chi connectivity index (χ3n) is 3.79. The molecular formula is C15H16Cl2N4OS. The van der Waals surface area contributed by atoms with Crippen molar-refractivity contribution in [2.75, 3.05) is 10.6 Å². The molecule has 2 N–H and O–H groups in total. The molecule has 23 heavy (non-hydrogen) atoms. The van der Waals surface area contributed by atoms with E-state index in [2.05, 4.69) is 20.8 Å². The van der Waals surface area contributed by atoms with Crippen LogP contribution in [-0.4, -0.2) is 16.2 Å². The van der Waals surface area contributed by atoms with Crippen molar-refractivity contribution in [1.82, 2.24) is 10.2 Å². The van der Waals surface area contributed by atoms with Crippen LogP contribution < -0.4 is 10.6 Å². The smallest absolute Gasteiger partial charge is 0.306 e. The fourth-order valence-corrected chi connectivity index (χ4v) is 4.00. The minimum absolute atomic E-state index is 0.382. The first kappa shape index (κ1) is 16.5. The molecular weight excluding hydrogens is 355 g/mol. The highest BCUT2D eigenvalue weighted by atomic mass is 35.5. The first-order chi connectivity index (χ1) is 11.1. The van der Waals surface area contributed by atoms with Crippen LogP contribution in [0.3, 0.4) is 0 Å². The van der Waals surface area contributed by atoms with E-state index in [0.29, 0.717) is 26.8 Å². The summed E-state index contributed by atoms with van der Waals surface area (Å²) in [6.07, 6.45) is 6.08. The normalized spacial score (nSPS) is 15.4. The molecule has 0 radical (unpaired) electrons. The molecule has 0 spiro atoms. The Morgan fingerprint density at radius 1 is 1.13 bits per heavy atom. The van der Waals surface area contributed by atoms with Gasteiger partial charge in [0.15, 0.2) is 0 Å².